The Hall–Kier alpha value is -2.11. The molecule has 25 heavy (non-hydrogen) atoms. The highest BCUT2D eigenvalue weighted by Gasteiger charge is 2.23. The first-order valence-corrected chi connectivity index (χ1v) is 9.02. The van der Waals surface area contributed by atoms with E-state index in [4.69, 9.17) is 9.47 Å². The van der Waals surface area contributed by atoms with E-state index in [0.717, 1.165) is 30.9 Å². The number of pyridine rings is 1. The summed E-state index contributed by atoms with van der Waals surface area (Å²) < 4.78 is 11.7. The maximum absolute atomic E-state index is 5.98. The fourth-order valence-corrected chi connectivity index (χ4v) is 3.43. The molecule has 1 atom stereocenters. The van der Waals surface area contributed by atoms with Gasteiger partial charge in [0.1, 0.15) is 6.61 Å². The van der Waals surface area contributed by atoms with Crippen LogP contribution in [-0.4, -0.2) is 54.6 Å². The van der Waals surface area contributed by atoms with Gasteiger partial charge in [0, 0.05) is 25.8 Å². The van der Waals surface area contributed by atoms with Crippen molar-refractivity contribution in [2.24, 2.45) is 0 Å². The molecule has 2 aliphatic rings. The average molecular weight is 339 g/mol. The van der Waals surface area contributed by atoms with Crippen molar-refractivity contribution in [1.82, 2.24) is 14.8 Å². The fourth-order valence-electron chi connectivity index (χ4n) is 3.43. The second-order valence-corrected chi connectivity index (χ2v) is 6.90. The van der Waals surface area contributed by atoms with Gasteiger partial charge in [0.2, 0.25) is 0 Å². The fraction of sp³-hybridized carbons (Fsp3) is 0.450. The molecule has 0 saturated carbocycles. The molecule has 0 amide bonds. The molecule has 1 fully saturated rings. The second kappa shape index (κ2) is 7.42. The van der Waals surface area contributed by atoms with Gasteiger partial charge in [0.15, 0.2) is 11.9 Å². The molecule has 0 radical (unpaired) electrons. The zero-order valence-corrected chi connectivity index (χ0v) is 14.7. The molecular weight excluding hydrogens is 314 g/mol. The lowest BCUT2D eigenvalue weighted by Gasteiger charge is -2.26. The number of likely N-dealkylation sites (N-methyl/N-ethyl adjacent to an activating group) is 1. The van der Waals surface area contributed by atoms with Crippen LogP contribution in [0, 0.1) is 0 Å². The van der Waals surface area contributed by atoms with Crippen molar-refractivity contribution in [2.75, 3.05) is 39.8 Å². The number of hydrogen-bond donors (Lipinski definition) is 0. The Morgan fingerprint density at radius 3 is 2.84 bits per heavy atom. The van der Waals surface area contributed by atoms with Crippen LogP contribution in [0.15, 0.2) is 42.6 Å². The highest BCUT2D eigenvalue weighted by molar-refractivity contribution is 5.35. The molecule has 132 valence electrons. The maximum atomic E-state index is 5.98. The molecule has 1 aromatic carbocycles. The summed E-state index contributed by atoms with van der Waals surface area (Å²) in [5.74, 6) is 1.30. The van der Waals surface area contributed by atoms with Crippen molar-refractivity contribution in [2.45, 2.75) is 19.1 Å². The number of fused-ring (bicyclic) bond motifs is 1. The number of nitrogens with zero attached hydrogens (tertiary/aromatic N) is 3. The van der Waals surface area contributed by atoms with Crippen LogP contribution in [0.3, 0.4) is 0 Å². The Bertz CT molecular complexity index is 704. The summed E-state index contributed by atoms with van der Waals surface area (Å²) in [5.41, 5.74) is 2.49. The Labute approximate surface area is 149 Å². The molecule has 0 aliphatic carbocycles. The van der Waals surface area contributed by atoms with Crippen molar-refractivity contribution in [3.63, 3.8) is 0 Å². The largest absolute Gasteiger partial charge is 0.484 e. The normalized spacial score (nSPS) is 21.7. The number of benzene rings is 1. The smallest absolute Gasteiger partial charge is 0.257 e. The van der Waals surface area contributed by atoms with Gasteiger partial charge in [-0.05, 0) is 49.8 Å². The number of aromatic nitrogens is 1. The van der Waals surface area contributed by atoms with E-state index in [1.165, 1.54) is 25.1 Å². The molecule has 0 N–H and O–H groups in total. The van der Waals surface area contributed by atoms with Crippen LogP contribution >= 0.6 is 0 Å². The van der Waals surface area contributed by atoms with Crippen molar-refractivity contribution in [3.05, 3.63) is 53.7 Å². The molecule has 2 aromatic rings. The van der Waals surface area contributed by atoms with Gasteiger partial charge in [0.25, 0.3) is 5.88 Å². The molecular formula is C20H25N3O2. The van der Waals surface area contributed by atoms with E-state index in [1.807, 2.05) is 12.1 Å². The van der Waals surface area contributed by atoms with Gasteiger partial charge in [-0.15, -0.1) is 0 Å². The monoisotopic (exact) mass is 339 g/mol. The quantitative estimate of drug-likeness (QED) is 0.860. The van der Waals surface area contributed by atoms with Crippen LogP contribution in [0.25, 0.3) is 0 Å². The summed E-state index contributed by atoms with van der Waals surface area (Å²) in [4.78, 5) is 9.20. The summed E-state index contributed by atoms with van der Waals surface area (Å²) in [5, 5.41) is 0. The van der Waals surface area contributed by atoms with Gasteiger partial charge in [0.05, 0.1) is 0 Å². The SMILES string of the molecule is CN1CCCN(Cc2ccc([C@H]3COc4cccnc4O3)cc2)CC1. The Morgan fingerprint density at radius 1 is 1.08 bits per heavy atom. The lowest BCUT2D eigenvalue weighted by Crippen LogP contribution is -2.28. The third-order valence-electron chi connectivity index (χ3n) is 4.95. The van der Waals surface area contributed by atoms with E-state index in [-0.39, 0.29) is 6.10 Å². The first-order valence-electron chi connectivity index (χ1n) is 9.02. The standard InChI is InChI=1S/C20H25N3O2/c1-22-10-3-11-23(13-12-22)14-16-5-7-17(8-6-16)19-15-24-18-4-2-9-21-20(18)25-19/h2,4-9,19H,3,10-15H2,1H3/t19-/m1/s1. The predicted molar refractivity (Wildman–Crippen MR) is 96.9 cm³/mol. The first-order chi connectivity index (χ1) is 12.3. The number of ether oxygens (including phenoxy) is 2. The van der Waals surface area contributed by atoms with Crippen molar-refractivity contribution in [3.8, 4) is 11.6 Å². The third-order valence-corrected chi connectivity index (χ3v) is 4.95. The van der Waals surface area contributed by atoms with Gasteiger partial charge in [-0.25, -0.2) is 4.98 Å². The molecule has 2 aliphatic heterocycles. The summed E-state index contributed by atoms with van der Waals surface area (Å²) in [7, 11) is 2.21. The van der Waals surface area contributed by atoms with Gasteiger partial charge >= 0.3 is 0 Å². The van der Waals surface area contributed by atoms with E-state index in [9.17, 15) is 0 Å². The average Bonchev–Trinajstić information content (AvgIpc) is 2.86. The third kappa shape index (κ3) is 3.94. The molecule has 5 heteroatoms. The molecule has 0 unspecified atom stereocenters. The minimum atomic E-state index is -0.0942. The molecule has 0 spiro atoms. The zero-order valence-electron chi connectivity index (χ0n) is 14.7. The molecule has 1 saturated heterocycles. The van der Waals surface area contributed by atoms with E-state index < -0.39 is 0 Å². The van der Waals surface area contributed by atoms with Crippen LogP contribution in [0.2, 0.25) is 0 Å². The number of hydrogen-bond acceptors (Lipinski definition) is 5. The number of rotatable bonds is 3. The molecule has 1 aromatic heterocycles. The maximum Gasteiger partial charge on any atom is 0.257 e. The lowest BCUT2D eigenvalue weighted by atomic mass is 10.1. The first kappa shape index (κ1) is 16.4. The van der Waals surface area contributed by atoms with Crippen LogP contribution in [0.1, 0.15) is 23.7 Å². The van der Waals surface area contributed by atoms with Gasteiger partial charge in [-0.3, -0.25) is 4.90 Å². The van der Waals surface area contributed by atoms with E-state index in [2.05, 4.69) is 46.1 Å². The van der Waals surface area contributed by atoms with E-state index >= 15 is 0 Å². The van der Waals surface area contributed by atoms with Crippen LogP contribution in [0.4, 0.5) is 0 Å². The van der Waals surface area contributed by atoms with Crippen molar-refractivity contribution < 1.29 is 9.47 Å². The zero-order chi connectivity index (χ0) is 17.1. The molecule has 5 nitrogen and oxygen atoms in total. The predicted octanol–water partition coefficient (Wildman–Crippen LogP) is 2.73. The van der Waals surface area contributed by atoms with Gasteiger partial charge < -0.3 is 14.4 Å². The second-order valence-electron chi connectivity index (χ2n) is 6.90. The Kier molecular flexibility index (Phi) is 4.85. The van der Waals surface area contributed by atoms with Crippen molar-refractivity contribution >= 4 is 0 Å². The van der Waals surface area contributed by atoms with Crippen molar-refractivity contribution in [1.29, 1.82) is 0 Å². The van der Waals surface area contributed by atoms with E-state index in [0.29, 0.717) is 12.5 Å². The minimum Gasteiger partial charge on any atom is -0.484 e. The van der Waals surface area contributed by atoms with Crippen LogP contribution in [0.5, 0.6) is 11.6 Å². The summed E-state index contributed by atoms with van der Waals surface area (Å²) in [6.07, 6.45) is 2.88. The minimum absolute atomic E-state index is 0.0942. The highest BCUT2D eigenvalue weighted by atomic mass is 16.6. The van der Waals surface area contributed by atoms with Crippen LogP contribution in [-0.2, 0) is 6.54 Å². The topological polar surface area (TPSA) is 37.8 Å². The lowest BCUT2D eigenvalue weighted by molar-refractivity contribution is 0.0851. The Balaban J connectivity index is 1.39. The summed E-state index contributed by atoms with van der Waals surface area (Å²) in [6, 6.07) is 12.5. The summed E-state index contributed by atoms with van der Waals surface area (Å²) in [6.45, 7) is 6.20. The molecule has 0 bridgehead atoms. The molecule has 3 heterocycles. The summed E-state index contributed by atoms with van der Waals surface area (Å²) >= 11 is 0. The van der Waals surface area contributed by atoms with E-state index in [1.54, 1.807) is 6.20 Å². The van der Waals surface area contributed by atoms with Crippen LogP contribution < -0.4 is 9.47 Å². The van der Waals surface area contributed by atoms with Gasteiger partial charge in [-0.2, -0.15) is 0 Å². The van der Waals surface area contributed by atoms with Gasteiger partial charge in [-0.1, -0.05) is 24.3 Å². The molecule has 4 rings (SSSR count). The Morgan fingerprint density at radius 2 is 1.96 bits per heavy atom. The highest BCUT2D eigenvalue weighted by Crippen LogP contribution is 2.33.